The molecule has 0 bridgehead atoms. The van der Waals surface area contributed by atoms with Gasteiger partial charge in [0.2, 0.25) is 0 Å². The zero-order valence-corrected chi connectivity index (χ0v) is 15.5. The normalized spacial score (nSPS) is 10.6. The second kappa shape index (κ2) is 9.79. The summed E-state index contributed by atoms with van der Waals surface area (Å²) in [5.41, 5.74) is 3.37. The Morgan fingerprint density at radius 2 is 1.88 bits per heavy atom. The van der Waals surface area contributed by atoms with E-state index < -0.39 is 11.8 Å². The molecule has 0 spiro atoms. The molecule has 26 heavy (non-hydrogen) atoms. The Morgan fingerprint density at radius 1 is 1.15 bits per heavy atom. The van der Waals surface area contributed by atoms with Crippen molar-refractivity contribution in [3.05, 3.63) is 63.6 Å². The summed E-state index contributed by atoms with van der Waals surface area (Å²) in [5.74, 6) is -0.180. The Kier molecular flexibility index (Phi) is 7.44. The molecule has 0 aliphatic rings. The molecule has 2 rings (SSSR count). The standard InChI is InChI=1S/C18H17Cl2N3O3/c1-2-26-14-6-3-12(4-7-14)10-22-23-17(24)11-21-18(25)15-8-5-13(19)9-16(15)20/h3-10H,2,11H2,1H3,(H,21,25)(H,23,24)/b22-10+. The molecule has 2 aromatic rings. The zero-order valence-electron chi connectivity index (χ0n) is 14.0. The molecule has 2 N–H and O–H groups in total. The summed E-state index contributed by atoms with van der Waals surface area (Å²) in [6.45, 7) is 2.26. The van der Waals surface area contributed by atoms with Gasteiger partial charge in [-0.1, -0.05) is 23.2 Å². The van der Waals surface area contributed by atoms with E-state index in [1.165, 1.54) is 18.3 Å². The van der Waals surface area contributed by atoms with Crippen LogP contribution in [0.15, 0.2) is 47.6 Å². The van der Waals surface area contributed by atoms with E-state index in [-0.39, 0.29) is 17.1 Å². The number of rotatable bonds is 7. The van der Waals surface area contributed by atoms with E-state index in [1.54, 1.807) is 6.07 Å². The molecule has 8 heteroatoms. The number of hydrogen-bond acceptors (Lipinski definition) is 4. The highest BCUT2D eigenvalue weighted by atomic mass is 35.5. The van der Waals surface area contributed by atoms with Gasteiger partial charge in [0, 0.05) is 5.02 Å². The molecule has 0 aromatic heterocycles. The first-order chi connectivity index (χ1) is 12.5. The molecule has 0 heterocycles. The second-order valence-corrected chi connectivity index (χ2v) is 5.95. The fourth-order valence-corrected chi connectivity index (χ4v) is 2.46. The second-order valence-electron chi connectivity index (χ2n) is 5.10. The van der Waals surface area contributed by atoms with E-state index in [1.807, 2.05) is 31.2 Å². The summed E-state index contributed by atoms with van der Waals surface area (Å²) in [5, 5.41) is 6.93. The molecular weight excluding hydrogens is 377 g/mol. The van der Waals surface area contributed by atoms with Gasteiger partial charge in [-0.3, -0.25) is 9.59 Å². The van der Waals surface area contributed by atoms with Crippen LogP contribution in [0.1, 0.15) is 22.8 Å². The van der Waals surface area contributed by atoms with Gasteiger partial charge in [-0.25, -0.2) is 5.43 Å². The van der Waals surface area contributed by atoms with Gasteiger partial charge in [-0.05, 0) is 55.0 Å². The van der Waals surface area contributed by atoms with Crippen molar-refractivity contribution in [2.24, 2.45) is 5.10 Å². The quantitative estimate of drug-likeness (QED) is 0.559. The van der Waals surface area contributed by atoms with Gasteiger partial charge in [0.25, 0.3) is 11.8 Å². The molecule has 0 unspecified atom stereocenters. The van der Waals surface area contributed by atoms with Crippen LogP contribution in [-0.2, 0) is 4.79 Å². The average molecular weight is 394 g/mol. The van der Waals surface area contributed by atoms with Crippen LogP contribution in [0.25, 0.3) is 0 Å². The fourth-order valence-electron chi connectivity index (χ4n) is 1.96. The summed E-state index contributed by atoms with van der Waals surface area (Å²) in [7, 11) is 0. The van der Waals surface area contributed by atoms with Crippen LogP contribution < -0.4 is 15.5 Å². The van der Waals surface area contributed by atoms with Gasteiger partial charge >= 0.3 is 0 Å². The van der Waals surface area contributed by atoms with Crippen molar-refractivity contribution >= 4 is 41.2 Å². The molecule has 2 aromatic carbocycles. The smallest absolute Gasteiger partial charge is 0.259 e. The minimum absolute atomic E-state index is 0.212. The molecule has 0 atom stereocenters. The third kappa shape index (κ3) is 6.06. The van der Waals surface area contributed by atoms with E-state index in [2.05, 4.69) is 15.8 Å². The van der Waals surface area contributed by atoms with E-state index in [4.69, 9.17) is 27.9 Å². The molecule has 0 aliphatic carbocycles. The van der Waals surface area contributed by atoms with Crippen molar-refractivity contribution in [2.45, 2.75) is 6.92 Å². The van der Waals surface area contributed by atoms with E-state index in [0.29, 0.717) is 11.6 Å². The molecule has 0 aliphatic heterocycles. The molecule has 2 amide bonds. The molecule has 0 saturated carbocycles. The van der Waals surface area contributed by atoms with Crippen molar-refractivity contribution < 1.29 is 14.3 Å². The Morgan fingerprint density at radius 3 is 2.54 bits per heavy atom. The zero-order chi connectivity index (χ0) is 18.9. The lowest BCUT2D eigenvalue weighted by molar-refractivity contribution is -0.120. The SMILES string of the molecule is CCOc1ccc(/C=N/NC(=O)CNC(=O)c2ccc(Cl)cc2Cl)cc1. The number of nitrogens with zero attached hydrogens (tertiary/aromatic N) is 1. The average Bonchev–Trinajstić information content (AvgIpc) is 2.61. The Balaban J connectivity index is 1.80. The number of carbonyl (C=O) groups is 2. The van der Waals surface area contributed by atoms with Crippen molar-refractivity contribution in [3.8, 4) is 5.75 Å². The molecule has 136 valence electrons. The number of carbonyl (C=O) groups excluding carboxylic acids is 2. The van der Waals surface area contributed by atoms with Gasteiger partial charge in [-0.2, -0.15) is 5.10 Å². The summed E-state index contributed by atoms with van der Waals surface area (Å²) in [4.78, 5) is 23.7. The lowest BCUT2D eigenvalue weighted by Gasteiger charge is -2.06. The summed E-state index contributed by atoms with van der Waals surface area (Å²) >= 11 is 11.7. The lowest BCUT2D eigenvalue weighted by Crippen LogP contribution is -2.35. The van der Waals surface area contributed by atoms with Crippen LogP contribution in [0, 0.1) is 0 Å². The number of halogens is 2. The maximum absolute atomic E-state index is 12.0. The predicted molar refractivity (Wildman–Crippen MR) is 102 cm³/mol. The first kappa shape index (κ1) is 19.8. The molecule has 0 radical (unpaired) electrons. The van der Waals surface area contributed by atoms with Crippen LogP contribution in [0.4, 0.5) is 0 Å². The van der Waals surface area contributed by atoms with Crippen LogP contribution in [0.5, 0.6) is 5.75 Å². The molecule has 0 fully saturated rings. The number of benzene rings is 2. The number of nitrogens with one attached hydrogen (secondary N) is 2. The van der Waals surface area contributed by atoms with Crippen molar-refractivity contribution in [3.63, 3.8) is 0 Å². The van der Waals surface area contributed by atoms with Crippen molar-refractivity contribution in [1.29, 1.82) is 0 Å². The van der Waals surface area contributed by atoms with Crippen LogP contribution >= 0.6 is 23.2 Å². The summed E-state index contributed by atoms with van der Waals surface area (Å²) < 4.78 is 5.34. The number of ether oxygens (including phenoxy) is 1. The monoisotopic (exact) mass is 393 g/mol. The minimum atomic E-state index is -0.475. The largest absolute Gasteiger partial charge is 0.494 e. The van der Waals surface area contributed by atoms with Gasteiger partial charge in [0.05, 0.1) is 30.0 Å². The van der Waals surface area contributed by atoms with Crippen LogP contribution in [-0.4, -0.2) is 31.2 Å². The van der Waals surface area contributed by atoms with Gasteiger partial charge in [0.1, 0.15) is 5.75 Å². The Bertz CT molecular complexity index is 808. The topological polar surface area (TPSA) is 79.8 Å². The lowest BCUT2D eigenvalue weighted by atomic mass is 10.2. The minimum Gasteiger partial charge on any atom is -0.494 e. The number of hydrazone groups is 1. The maximum atomic E-state index is 12.0. The highest BCUT2D eigenvalue weighted by molar-refractivity contribution is 6.36. The van der Waals surface area contributed by atoms with Gasteiger partial charge in [-0.15, -0.1) is 0 Å². The first-order valence-electron chi connectivity index (χ1n) is 7.77. The summed E-state index contributed by atoms with van der Waals surface area (Å²) in [6, 6.07) is 11.7. The van der Waals surface area contributed by atoms with Crippen LogP contribution in [0.3, 0.4) is 0 Å². The van der Waals surface area contributed by atoms with Crippen LogP contribution in [0.2, 0.25) is 10.0 Å². The third-order valence-electron chi connectivity index (χ3n) is 3.18. The van der Waals surface area contributed by atoms with Gasteiger partial charge in [0.15, 0.2) is 0 Å². The Hall–Kier alpha value is -2.57. The first-order valence-corrected chi connectivity index (χ1v) is 8.53. The third-order valence-corrected chi connectivity index (χ3v) is 3.73. The maximum Gasteiger partial charge on any atom is 0.259 e. The highest BCUT2D eigenvalue weighted by Gasteiger charge is 2.11. The summed E-state index contributed by atoms with van der Waals surface area (Å²) in [6.07, 6.45) is 1.49. The molecule has 6 nitrogen and oxygen atoms in total. The van der Waals surface area contributed by atoms with Gasteiger partial charge < -0.3 is 10.1 Å². The fraction of sp³-hybridized carbons (Fsp3) is 0.167. The van der Waals surface area contributed by atoms with E-state index in [0.717, 1.165) is 11.3 Å². The Labute approximate surface area is 161 Å². The van der Waals surface area contributed by atoms with E-state index in [9.17, 15) is 9.59 Å². The van der Waals surface area contributed by atoms with Crippen molar-refractivity contribution in [2.75, 3.05) is 13.2 Å². The molecular formula is C18H17Cl2N3O3. The highest BCUT2D eigenvalue weighted by Crippen LogP contribution is 2.20. The van der Waals surface area contributed by atoms with E-state index >= 15 is 0 Å². The van der Waals surface area contributed by atoms with Crippen molar-refractivity contribution in [1.82, 2.24) is 10.7 Å². The number of amides is 2. The predicted octanol–water partition coefficient (Wildman–Crippen LogP) is 3.27. The molecule has 0 saturated heterocycles. The number of hydrogen-bond donors (Lipinski definition) is 2.